The van der Waals surface area contributed by atoms with Crippen molar-refractivity contribution in [2.75, 3.05) is 12.8 Å². The summed E-state index contributed by atoms with van der Waals surface area (Å²) >= 11 is 5.85. The number of pyridine rings is 1. The molecular weight excluding hydrogens is 268 g/mol. The molecule has 2 N–H and O–H groups in total. The molecule has 0 saturated heterocycles. The molecule has 2 rings (SSSR count). The van der Waals surface area contributed by atoms with Crippen LogP contribution in [0.5, 0.6) is 11.6 Å². The second-order valence-corrected chi connectivity index (χ2v) is 4.08. The van der Waals surface area contributed by atoms with Gasteiger partial charge < -0.3 is 15.2 Å². The fraction of sp³-hybridized carbons (Fsp3) is 0.0769. The van der Waals surface area contributed by atoms with Crippen LogP contribution in [0, 0.1) is 0 Å². The largest absolute Gasteiger partial charge is 0.464 e. The molecule has 0 saturated carbocycles. The number of nitrogens with zero attached hydrogens (tertiary/aromatic N) is 1. The Morgan fingerprint density at radius 3 is 2.79 bits per heavy atom. The molecule has 19 heavy (non-hydrogen) atoms. The number of carbonyl (C=O) groups is 1. The molecule has 5 nitrogen and oxygen atoms in total. The molecule has 6 heteroatoms. The van der Waals surface area contributed by atoms with E-state index in [1.807, 2.05) is 0 Å². The highest BCUT2D eigenvalue weighted by Gasteiger charge is 2.12. The van der Waals surface area contributed by atoms with Gasteiger partial charge in [-0.15, -0.1) is 0 Å². The van der Waals surface area contributed by atoms with E-state index in [0.717, 1.165) is 0 Å². The lowest BCUT2D eigenvalue weighted by molar-refractivity contribution is 0.0593. The molecule has 0 aliphatic carbocycles. The molecule has 1 aromatic carbocycles. The quantitative estimate of drug-likeness (QED) is 0.874. The highest BCUT2D eigenvalue weighted by atomic mass is 35.5. The number of rotatable bonds is 3. The molecule has 0 amide bonds. The minimum absolute atomic E-state index is 0.119. The van der Waals surface area contributed by atoms with Crippen molar-refractivity contribution in [2.45, 2.75) is 0 Å². The third kappa shape index (κ3) is 3.14. The van der Waals surface area contributed by atoms with Crippen LogP contribution in [0.1, 0.15) is 10.5 Å². The number of nitrogen functional groups attached to an aromatic ring is 1. The molecule has 0 radical (unpaired) electrons. The van der Waals surface area contributed by atoms with Crippen LogP contribution in [0.25, 0.3) is 0 Å². The van der Waals surface area contributed by atoms with Crippen molar-refractivity contribution in [1.82, 2.24) is 4.98 Å². The predicted octanol–water partition coefficient (Wildman–Crippen LogP) is 2.90. The number of hydrogen-bond donors (Lipinski definition) is 1. The van der Waals surface area contributed by atoms with Gasteiger partial charge in [0.2, 0.25) is 5.88 Å². The van der Waals surface area contributed by atoms with E-state index in [2.05, 4.69) is 9.72 Å². The van der Waals surface area contributed by atoms with Crippen LogP contribution in [-0.2, 0) is 4.74 Å². The lowest BCUT2D eigenvalue weighted by Crippen LogP contribution is -2.06. The Morgan fingerprint density at radius 2 is 2.11 bits per heavy atom. The minimum atomic E-state index is -0.559. The van der Waals surface area contributed by atoms with Gasteiger partial charge in [0, 0.05) is 5.02 Å². The summed E-state index contributed by atoms with van der Waals surface area (Å²) in [4.78, 5) is 15.4. The summed E-state index contributed by atoms with van der Waals surface area (Å²) in [6.07, 6.45) is 0. The van der Waals surface area contributed by atoms with E-state index in [4.69, 9.17) is 22.1 Å². The number of hydrogen-bond acceptors (Lipinski definition) is 5. The lowest BCUT2D eigenvalue weighted by atomic mass is 10.3. The highest BCUT2D eigenvalue weighted by Crippen LogP contribution is 2.27. The Labute approximate surface area is 114 Å². The summed E-state index contributed by atoms with van der Waals surface area (Å²) in [5.41, 5.74) is 6.18. The minimum Gasteiger partial charge on any atom is -0.464 e. The van der Waals surface area contributed by atoms with Gasteiger partial charge in [-0.2, -0.15) is 0 Å². The van der Waals surface area contributed by atoms with E-state index in [1.165, 1.54) is 19.2 Å². The lowest BCUT2D eigenvalue weighted by Gasteiger charge is -2.08. The molecule has 0 bridgehead atoms. The normalized spacial score (nSPS) is 10.0. The fourth-order valence-corrected chi connectivity index (χ4v) is 1.57. The van der Waals surface area contributed by atoms with Gasteiger partial charge in [-0.05, 0) is 30.3 Å². The number of nitrogens with two attached hydrogens (primary N) is 1. The summed E-state index contributed by atoms with van der Waals surface area (Å²) in [6.45, 7) is 0. The Hall–Kier alpha value is -2.27. The maximum atomic E-state index is 11.4. The third-order valence-corrected chi connectivity index (χ3v) is 2.53. The number of carbonyl (C=O) groups excluding carboxylic acids is 1. The van der Waals surface area contributed by atoms with Crippen molar-refractivity contribution >= 4 is 23.3 Å². The van der Waals surface area contributed by atoms with Crippen LogP contribution in [-0.4, -0.2) is 18.1 Å². The Bertz CT molecular complexity index is 617. The van der Waals surface area contributed by atoms with Crippen LogP contribution in [0.3, 0.4) is 0 Å². The molecule has 0 unspecified atom stereocenters. The summed E-state index contributed by atoms with van der Waals surface area (Å²) in [5.74, 6) is 0.0508. The van der Waals surface area contributed by atoms with E-state index in [-0.39, 0.29) is 11.6 Å². The van der Waals surface area contributed by atoms with Crippen LogP contribution < -0.4 is 10.5 Å². The molecule has 0 spiro atoms. The van der Waals surface area contributed by atoms with Crippen LogP contribution in [0.15, 0.2) is 36.4 Å². The Morgan fingerprint density at radius 1 is 1.32 bits per heavy atom. The molecule has 0 aliphatic heterocycles. The molecule has 98 valence electrons. The van der Waals surface area contributed by atoms with Crippen molar-refractivity contribution in [3.05, 3.63) is 47.1 Å². The maximum absolute atomic E-state index is 11.4. The van der Waals surface area contributed by atoms with E-state index in [0.29, 0.717) is 16.5 Å². The van der Waals surface area contributed by atoms with Gasteiger partial charge in [-0.1, -0.05) is 17.7 Å². The van der Waals surface area contributed by atoms with E-state index in [1.54, 1.807) is 24.3 Å². The Kier molecular flexibility index (Phi) is 3.87. The van der Waals surface area contributed by atoms with Gasteiger partial charge in [0.1, 0.15) is 5.75 Å². The van der Waals surface area contributed by atoms with Crippen molar-refractivity contribution in [1.29, 1.82) is 0 Å². The van der Waals surface area contributed by atoms with E-state index < -0.39 is 5.97 Å². The fourth-order valence-electron chi connectivity index (χ4n) is 1.39. The second kappa shape index (κ2) is 5.58. The van der Waals surface area contributed by atoms with Crippen molar-refractivity contribution in [3.8, 4) is 11.6 Å². The summed E-state index contributed by atoms with van der Waals surface area (Å²) < 4.78 is 10.1. The van der Waals surface area contributed by atoms with Gasteiger partial charge in [0.05, 0.1) is 12.8 Å². The molecule has 2 aromatic rings. The molecule has 0 aliphatic rings. The standard InChI is InChI=1S/C13H11ClN2O3/c1-18-13(17)11-6-5-10(15)12(16-11)19-9-4-2-3-8(14)7-9/h2-7H,15H2,1H3. The smallest absolute Gasteiger partial charge is 0.356 e. The first-order valence-corrected chi connectivity index (χ1v) is 5.76. The summed E-state index contributed by atoms with van der Waals surface area (Å²) in [5, 5.41) is 0.528. The number of aromatic nitrogens is 1. The van der Waals surface area contributed by atoms with Gasteiger partial charge in [0.15, 0.2) is 5.69 Å². The molecule has 0 atom stereocenters. The van der Waals surface area contributed by atoms with Crippen LogP contribution in [0.2, 0.25) is 5.02 Å². The van der Waals surface area contributed by atoms with Crippen molar-refractivity contribution in [2.24, 2.45) is 0 Å². The Balaban J connectivity index is 2.31. The predicted molar refractivity (Wildman–Crippen MR) is 71.5 cm³/mol. The zero-order valence-corrected chi connectivity index (χ0v) is 10.8. The first-order valence-electron chi connectivity index (χ1n) is 5.38. The summed E-state index contributed by atoms with van der Waals surface area (Å²) in [7, 11) is 1.28. The first-order chi connectivity index (χ1) is 9.10. The van der Waals surface area contributed by atoms with Gasteiger partial charge in [-0.25, -0.2) is 9.78 Å². The average molecular weight is 279 g/mol. The molecule has 0 fully saturated rings. The van der Waals surface area contributed by atoms with E-state index >= 15 is 0 Å². The zero-order chi connectivity index (χ0) is 13.8. The zero-order valence-electron chi connectivity index (χ0n) is 10.1. The van der Waals surface area contributed by atoms with Crippen LogP contribution >= 0.6 is 11.6 Å². The number of esters is 1. The third-order valence-electron chi connectivity index (χ3n) is 2.29. The van der Waals surface area contributed by atoms with E-state index in [9.17, 15) is 4.79 Å². The van der Waals surface area contributed by atoms with Gasteiger partial charge >= 0.3 is 5.97 Å². The summed E-state index contributed by atoms with van der Waals surface area (Å²) in [6, 6.07) is 9.77. The van der Waals surface area contributed by atoms with Crippen molar-refractivity contribution < 1.29 is 14.3 Å². The number of halogens is 1. The SMILES string of the molecule is COC(=O)c1ccc(N)c(Oc2cccc(Cl)c2)n1. The maximum Gasteiger partial charge on any atom is 0.356 e. The van der Waals surface area contributed by atoms with Gasteiger partial charge in [-0.3, -0.25) is 0 Å². The van der Waals surface area contributed by atoms with Gasteiger partial charge in [0.25, 0.3) is 0 Å². The first kappa shape index (κ1) is 13.2. The molecule has 1 heterocycles. The highest BCUT2D eigenvalue weighted by molar-refractivity contribution is 6.30. The average Bonchev–Trinajstić information content (AvgIpc) is 2.40. The van der Waals surface area contributed by atoms with Crippen molar-refractivity contribution in [3.63, 3.8) is 0 Å². The number of benzene rings is 1. The topological polar surface area (TPSA) is 74.4 Å². The number of methoxy groups -OCH3 is 1. The monoisotopic (exact) mass is 278 g/mol. The molecule has 1 aromatic heterocycles. The number of ether oxygens (including phenoxy) is 2. The molecular formula is C13H11ClN2O3. The number of anilines is 1. The van der Waals surface area contributed by atoms with Crippen LogP contribution in [0.4, 0.5) is 5.69 Å². The second-order valence-electron chi connectivity index (χ2n) is 3.64.